The van der Waals surface area contributed by atoms with Gasteiger partial charge in [-0.15, -0.1) is 0 Å². The topological polar surface area (TPSA) is 33.1 Å². The molecular weight excluding hydrogens is 258 g/mol. The smallest absolute Gasteiger partial charge is 0.125 e. The van der Waals surface area contributed by atoms with E-state index >= 15 is 0 Å². The molecule has 1 heterocycles. The van der Waals surface area contributed by atoms with Gasteiger partial charge in [0.1, 0.15) is 5.75 Å². The lowest BCUT2D eigenvalue weighted by Crippen LogP contribution is -1.87. The summed E-state index contributed by atoms with van der Waals surface area (Å²) in [5, 5.41) is 13.2. The number of benzene rings is 3. The number of fused-ring (bicyclic) bond motifs is 3. The van der Waals surface area contributed by atoms with Crippen molar-refractivity contribution in [3.63, 3.8) is 0 Å². The summed E-state index contributed by atoms with van der Waals surface area (Å²) in [5.74, 6) is 0.272. The Kier molecular flexibility index (Phi) is 2.61. The van der Waals surface area contributed by atoms with E-state index in [9.17, 15) is 5.11 Å². The fourth-order valence-corrected chi connectivity index (χ4v) is 2.85. The lowest BCUT2D eigenvalue weighted by Gasteiger charge is -2.11. The third-order valence-corrected chi connectivity index (χ3v) is 3.79. The van der Waals surface area contributed by atoms with Gasteiger partial charge in [-0.2, -0.15) is 0 Å². The zero-order valence-corrected chi connectivity index (χ0v) is 11.3. The molecule has 4 aromatic rings. The number of aromatic hydroxyl groups is 1. The van der Waals surface area contributed by atoms with E-state index in [1.165, 1.54) is 0 Å². The van der Waals surface area contributed by atoms with Crippen molar-refractivity contribution in [2.75, 3.05) is 0 Å². The summed E-state index contributed by atoms with van der Waals surface area (Å²) in [6.45, 7) is 0. The number of phenolic OH excluding ortho intramolecular Hbond substituents is 1. The maximum atomic E-state index is 10.3. The Morgan fingerprint density at radius 1 is 0.810 bits per heavy atom. The predicted molar refractivity (Wildman–Crippen MR) is 86.3 cm³/mol. The van der Waals surface area contributed by atoms with Gasteiger partial charge < -0.3 is 5.11 Å². The van der Waals surface area contributed by atoms with Crippen LogP contribution in [0.4, 0.5) is 0 Å². The lowest BCUT2D eigenvalue weighted by molar-refractivity contribution is 0.482. The van der Waals surface area contributed by atoms with Crippen LogP contribution in [0.1, 0.15) is 0 Å². The molecule has 100 valence electrons. The van der Waals surface area contributed by atoms with Crippen molar-refractivity contribution in [3.05, 3.63) is 72.9 Å². The summed E-state index contributed by atoms with van der Waals surface area (Å²) in [5.41, 5.74) is 3.09. The van der Waals surface area contributed by atoms with E-state index in [2.05, 4.69) is 23.2 Å². The van der Waals surface area contributed by atoms with Gasteiger partial charge in [-0.1, -0.05) is 48.5 Å². The molecule has 0 saturated carbocycles. The van der Waals surface area contributed by atoms with Crippen LogP contribution in [0, 0.1) is 0 Å². The molecule has 0 aliphatic rings. The summed E-state index contributed by atoms with van der Waals surface area (Å²) in [7, 11) is 0. The average Bonchev–Trinajstić information content (AvgIpc) is 2.55. The van der Waals surface area contributed by atoms with E-state index in [0.717, 1.165) is 32.8 Å². The van der Waals surface area contributed by atoms with E-state index in [1.54, 1.807) is 12.3 Å². The Morgan fingerprint density at radius 3 is 2.52 bits per heavy atom. The molecule has 0 aliphatic carbocycles. The van der Waals surface area contributed by atoms with Crippen LogP contribution in [-0.2, 0) is 0 Å². The molecule has 0 atom stereocenters. The van der Waals surface area contributed by atoms with Crippen molar-refractivity contribution >= 4 is 21.7 Å². The molecule has 2 heteroatoms. The Morgan fingerprint density at radius 2 is 1.67 bits per heavy atom. The first-order valence-corrected chi connectivity index (χ1v) is 6.89. The quantitative estimate of drug-likeness (QED) is 0.506. The molecule has 0 fully saturated rings. The highest BCUT2D eigenvalue weighted by Crippen LogP contribution is 2.37. The number of pyridine rings is 1. The highest BCUT2D eigenvalue weighted by Gasteiger charge is 2.11. The molecule has 0 spiro atoms. The summed E-state index contributed by atoms with van der Waals surface area (Å²) in [6.07, 6.45) is 1.76. The molecule has 2 nitrogen and oxygen atoms in total. The van der Waals surface area contributed by atoms with Gasteiger partial charge in [-0.3, -0.25) is 4.98 Å². The van der Waals surface area contributed by atoms with Gasteiger partial charge in [0.15, 0.2) is 0 Å². The summed E-state index contributed by atoms with van der Waals surface area (Å²) >= 11 is 0. The van der Waals surface area contributed by atoms with Gasteiger partial charge in [0.25, 0.3) is 0 Å². The maximum Gasteiger partial charge on any atom is 0.125 e. The number of rotatable bonds is 1. The monoisotopic (exact) mass is 271 g/mol. The van der Waals surface area contributed by atoms with Gasteiger partial charge in [-0.05, 0) is 34.7 Å². The molecule has 0 amide bonds. The van der Waals surface area contributed by atoms with E-state index in [-0.39, 0.29) is 5.75 Å². The van der Waals surface area contributed by atoms with Crippen LogP contribution >= 0.6 is 0 Å². The molecule has 3 aromatic carbocycles. The Bertz CT molecular complexity index is 945. The second-order valence-electron chi connectivity index (χ2n) is 5.06. The minimum absolute atomic E-state index is 0.272. The van der Waals surface area contributed by atoms with Crippen molar-refractivity contribution in [1.29, 1.82) is 0 Å². The first-order valence-electron chi connectivity index (χ1n) is 6.89. The predicted octanol–water partition coefficient (Wildman–Crippen LogP) is 4.76. The van der Waals surface area contributed by atoms with Gasteiger partial charge in [0.2, 0.25) is 0 Å². The molecule has 1 aromatic heterocycles. The molecule has 0 aliphatic heterocycles. The van der Waals surface area contributed by atoms with E-state index in [4.69, 9.17) is 0 Å². The van der Waals surface area contributed by atoms with Crippen molar-refractivity contribution < 1.29 is 5.11 Å². The Balaban J connectivity index is 2.22. The SMILES string of the molecule is Oc1cccc2c(-c3ccccc3)cc3cccnc3c12. The minimum atomic E-state index is 0.272. The third-order valence-electron chi connectivity index (χ3n) is 3.79. The van der Waals surface area contributed by atoms with Crippen LogP contribution in [0.15, 0.2) is 72.9 Å². The number of phenols is 1. The Labute approximate surface area is 122 Å². The van der Waals surface area contributed by atoms with Crippen LogP contribution in [0.25, 0.3) is 32.8 Å². The summed E-state index contributed by atoms with van der Waals surface area (Å²) in [4.78, 5) is 4.44. The van der Waals surface area contributed by atoms with Gasteiger partial charge in [0, 0.05) is 11.6 Å². The highest BCUT2D eigenvalue weighted by molar-refractivity contribution is 6.14. The van der Waals surface area contributed by atoms with Crippen molar-refractivity contribution in [2.45, 2.75) is 0 Å². The first kappa shape index (κ1) is 11.9. The standard InChI is InChI=1S/C19H13NO/c21-17-10-4-9-15-16(13-6-2-1-3-7-13)12-14-8-5-11-20-19(14)18(15)17/h1-12,21H. The van der Waals surface area contributed by atoms with E-state index in [0.29, 0.717) is 0 Å². The van der Waals surface area contributed by atoms with Crippen molar-refractivity contribution in [2.24, 2.45) is 0 Å². The van der Waals surface area contributed by atoms with Crippen LogP contribution in [0.5, 0.6) is 5.75 Å². The van der Waals surface area contributed by atoms with Crippen LogP contribution in [0.2, 0.25) is 0 Å². The van der Waals surface area contributed by atoms with Crippen LogP contribution in [-0.4, -0.2) is 10.1 Å². The van der Waals surface area contributed by atoms with Gasteiger partial charge >= 0.3 is 0 Å². The first-order chi connectivity index (χ1) is 10.3. The largest absolute Gasteiger partial charge is 0.507 e. The van der Waals surface area contributed by atoms with Crippen LogP contribution < -0.4 is 0 Å². The number of hydrogen-bond donors (Lipinski definition) is 1. The Hall–Kier alpha value is -2.87. The molecule has 4 rings (SSSR count). The van der Waals surface area contributed by atoms with Gasteiger partial charge in [0.05, 0.1) is 10.9 Å². The zero-order valence-electron chi connectivity index (χ0n) is 11.3. The maximum absolute atomic E-state index is 10.3. The van der Waals surface area contributed by atoms with Gasteiger partial charge in [-0.25, -0.2) is 0 Å². The molecule has 0 saturated heterocycles. The normalized spacial score (nSPS) is 11.0. The van der Waals surface area contributed by atoms with Crippen molar-refractivity contribution in [3.8, 4) is 16.9 Å². The molecule has 0 radical (unpaired) electrons. The lowest BCUT2D eigenvalue weighted by atomic mass is 9.95. The number of hydrogen-bond acceptors (Lipinski definition) is 2. The number of nitrogens with zero attached hydrogens (tertiary/aromatic N) is 1. The minimum Gasteiger partial charge on any atom is -0.507 e. The third kappa shape index (κ3) is 1.84. The molecule has 0 bridgehead atoms. The molecule has 1 N–H and O–H groups in total. The summed E-state index contributed by atoms with van der Waals surface area (Å²) in [6, 6.07) is 21.9. The second-order valence-corrected chi connectivity index (χ2v) is 5.06. The van der Waals surface area contributed by atoms with E-state index in [1.807, 2.05) is 42.5 Å². The zero-order chi connectivity index (χ0) is 14.2. The van der Waals surface area contributed by atoms with Crippen molar-refractivity contribution in [1.82, 2.24) is 4.98 Å². The molecule has 21 heavy (non-hydrogen) atoms. The average molecular weight is 271 g/mol. The molecule has 0 unspecified atom stereocenters. The van der Waals surface area contributed by atoms with E-state index < -0.39 is 0 Å². The second kappa shape index (κ2) is 4.60. The molecular formula is C19H13NO. The fourth-order valence-electron chi connectivity index (χ4n) is 2.85. The highest BCUT2D eigenvalue weighted by atomic mass is 16.3. The summed E-state index contributed by atoms with van der Waals surface area (Å²) < 4.78 is 0. The fraction of sp³-hybridized carbons (Fsp3) is 0. The number of aromatic nitrogens is 1. The van der Waals surface area contributed by atoms with Crippen LogP contribution in [0.3, 0.4) is 0 Å².